The number of hydrogen-bond acceptors (Lipinski definition) is 2. The number of benzene rings is 1. The van der Waals surface area contributed by atoms with Crippen LogP contribution in [0, 0.1) is 17.3 Å². The van der Waals surface area contributed by atoms with Gasteiger partial charge in [0.05, 0.1) is 12.7 Å². The van der Waals surface area contributed by atoms with Crippen LogP contribution in [0.1, 0.15) is 63.0 Å². The molecule has 1 aromatic carbocycles. The summed E-state index contributed by atoms with van der Waals surface area (Å²) in [5, 5.41) is 10.9. The van der Waals surface area contributed by atoms with E-state index in [4.69, 9.17) is 4.74 Å². The van der Waals surface area contributed by atoms with Gasteiger partial charge in [-0.1, -0.05) is 13.0 Å². The molecule has 3 aliphatic rings. The van der Waals surface area contributed by atoms with E-state index >= 15 is 0 Å². The molecule has 2 saturated carbocycles. The Morgan fingerprint density at radius 2 is 1.95 bits per heavy atom. The molecule has 2 heteroatoms. The van der Waals surface area contributed by atoms with E-state index in [0.29, 0.717) is 11.8 Å². The van der Waals surface area contributed by atoms with Gasteiger partial charge in [0.15, 0.2) is 0 Å². The highest BCUT2D eigenvalue weighted by molar-refractivity contribution is 5.40. The minimum absolute atomic E-state index is 0.123. The molecule has 0 spiro atoms. The largest absolute Gasteiger partial charge is 0.497 e. The van der Waals surface area contributed by atoms with Crippen LogP contribution in [-0.2, 0) is 6.42 Å². The number of methoxy groups -OCH3 is 1. The van der Waals surface area contributed by atoms with Crippen LogP contribution in [0.4, 0.5) is 0 Å². The normalized spacial score (nSPS) is 43.2. The third kappa shape index (κ3) is 1.83. The Morgan fingerprint density at radius 3 is 2.73 bits per heavy atom. The lowest BCUT2D eigenvalue weighted by Gasteiger charge is -2.52. The highest BCUT2D eigenvalue weighted by atomic mass is 16.5. The van der Waals surface area contributed by atoms with Gasteiger partial charge in [-0.2, -0.15) is 0 Å². The Kier molecular flexibility index (Phi) is 3.14. The summed E-state index contributed by atoms with van der Waals surface area (Å²) in [6.07, 6.45) is 7.02. The van der Waals surface area contributed by atoms with E-state index in [1.165, 1.54) is 31.2 Å². The molecule has 0 unspecified atom stereocenters. The second kappa shape index (κ2) is 4.74. The summed E-state index contributed by atoms with van der Waals surface area (Å²) < 4.78 is 5.40. The van der Waals surface area contributed by atoms with E-state index in [9.17, 15) is 5.11 Å². The van der Waals surface area contributed by atoms with Gasteiger partial charge in [0.1, 0.15) is 5.75 Å². The molecule has 3 aliphatic carbocycles. The van der Waals surface area contributed by atoms with Crippen LogP contribution in [-0.4, -0.2) is 17.8 Å². The van der Waals surface area contributed by atoms with E-state index in [0.717, 1.165) is 24.5 Å². The maximum Gasteiger partial charge on any atom is 0.119 e. The monoisotopic (exact) mass is 300 g/mol. The first-order valence-electron chi connectivity index (χ1n) is 8.85. The summed E-state index contributed by atoms with van der Waals surface area (Å²) in [6, 6.07) is 6.67. The molecule has 0 bridgehead atoms. The van der Waals surface area contributed by atoms with Crippen LogP contribution >= 0.6 is 0 Å². The van der Waals surface area contributed by atoms with Gasteiger partial charge in [0.25, 0.3) is 0 Å². The quantitative estimate of drug-likeness (QED) is 0.838. The lowest BCUT2D eigenvalue weighted by atomic mass is 9.53. The van der Waals surface area contributed by atoms with Crippen molar-refractivity contribution < 1.29 is 9.84 Å². The van der Waals surface area contributed by atoms with E-state index in [-0.39, 0.29) is 5.41 Å². The Balaban J connectivity index is 1.69. The Bertz CT molecular complexity index is 591. The number of aliphatic hydroxyl groups is 1. The van der Waals surface area contributed by atoms with Gasteiger partial charge in [-0.05, 0) is 91.9 Å². The number of ether oxygens (including phenoxy) is 1. The average molecular weight is 300 g/mol. The molecular formula is C20H28O2. The fraction of sp³-hybridized carbons (Fsp3) is 0.700. The first-order chi connectivity index (χ1) is 10.5. The zero-order chi connectivity index (χ0) is 15.5. The van der Waals surface area contributed by atoms with Crippen LogP contribution in [0.2, 0.25) is 0 Å². The molecular weight excluding hydrogens is 272 g/mol. The highest BCUT2D eigenvalue weighted by Gasteiger charge is 2.59. The lowest BCUT2D eigenvalue weighted by Crippen LogP contribution is -2.49. The minimum atomic E-state index is -0.469. The predicted octanol–water partition coefficient (Wildman–Crippen LogP) is 4.30. The van der Waals surface area contributed by atoms with Crippen LogP contribution in [0.25, 0.3) is 0 Å². The van der Waals surface area contributed by atoms with Crippen molar-refractivity contribution in [2.24, 2.45) is 17.3 Å². The number of rotatable bonds is 1. The van der Waals surface area contributed by atoms with Gasteiger partial charge in [-0.25, -0.2) is 0 Å². The van der Waals surface area contributed by atoms with E-state index in [2.05, 4.69) is 32.0 Å². The third-order valence-corrected chi connectivity index (χ3v) is 7.50. The van der Waals surface area contributed by atoms with Crippen LogP contribution in [0.15, 0.2) is 18.2 Å². The van der Waals surface area contributed by atoms with E-state index < -0.39 is 5.60 Å². The molecule has 2 nitrogen and oxygen atoms in total. The summed E-state index contributed by atoms with van der Waals surface area (Å²) in [7, 11) is 1.75. The second-order valence-electron chi connectivity index (χ2n) is 8.25. The Hall–Kier alpha value is -1.02. The molecule has 0 radical (unpaired) electrons. The number of hydrogen-bond donors (Lipinski definition) is 1. The molecule has 5 atom stereocenters. The number of aryl methyl sites for hydroxylation is 1. The van der Waals surface area contributed by atoms with Gasteiger partial charge < -0.3 is 9.84 Å². The van der Waals surface area contributed by atoms with Gasteiger partial charge >= 0.3 is 0 Å². The standard InChI is InChI=1S/C20H28O2/c1-19-10-8-16-15-7-5-14(22-3)12-13(15)4-6-17(16)18(19)9-11-20(19,2)21/h5,7,12,16-18,21H,4,6,8-11H2,1-3H3/t16-,17+,18+,19-,20-/m1/s1. The van der Waals surface area contributed by atoms with E-state index in [1.54, 1.807) is 12.7 Å². The zero-order valence-electron chi connectivity index (χ0n) is 14.1. The van der Waals surface area contributed by atoms with E-state index in [1.807, 2.05) is 0 Å². The third-order valence-electron chi connectivity index (χ3n) is 7.50. The predicted molar refractivity (Wildman–Crippen MR) is 88.2 cm³/mol. The molecule has 4 rings (SSSR count). The van der Waals surface area contributed by atoms with Crippen LogP contribution < -0.4 is 4.74 Å². The summed E-state index contributed by atoms with van der Waals surface area (Å²) in [5.74, 6) is 3.13. The van der Waals surface area contributed by atoms with Gasteiger partial charge in [-0.15, -0.1) is 0 Å². The van der Waals surface area contributed by atoms with Crippen molar-refractivity contribution in [3.05, 3.63) is 29.3 Å². The maximum atomic E-state index is 10.9. The summed E-state index contributed by atoms with van der Waals surface area (Å²) in [6.45, 7) is 4.43. The molecule has 0 aliphatic heterocycles. The van der Waals surface area contributed by atoms with Crippen molar-refractivity contribution in [1.29, 1.82) is 0 Å². The topological polar surface area (TPSA) is 29.5 Å². The SMILES string of the molecule is COc1ccc2c(c1)CC[C@H]1[C@@H]2CC[C@]2(C)[C@H]1CC[C@@]2(C)O. The first kappa shape index (κ1) is 14.6. The Morgan fingerprint density at radius 1 is 1.14 bits per heavy atom. The molecule has 1 N–H and O–H groups in total. The molecule has 0 aromatic heterocycles. The van der Waals surface area contributed by atoms with Gasteiger partial charge in [0, 0.05) is 0 Å². The lowest BCUT2D eigenvalue weighted by molar-refractivity contribution is -0.0901. The van der Waals surface area contributed by atoms with Crippen molar-refractivity contribution >= 4 is 0 Å². The maximum absolute atomic E-state index is 10.9. The highest BCUT2D eigenvalue weighted by Crippen LogP contribution is 2.64. The summed E-state index contributed by atoms with van der Waals surface area (Å²) >= 11 is 0. The fourth-order valence-corrected chi connectivity index (χ4v) is 5.93. The molecule has 2 fully saturated rings. The fourth-order valence-electron chi connectivity index (χ4n) is 5.93. The van der Waals surface area contributed by atoms with Gasteiger partial charge in [0.2, 0.25) is 0 Å². The van der Waals surface area contributed by atoms with Crippen LogP contribution in [0.5, 0.6) is 5.75 Å². The summed E-state index contributed by atoms with van der Waals surface area (Å²) in [5.41, 5.74) is 2.71. The van der Waals surface area contributed by atoms with Crippen molar-refractivity contribution in [2.45, 2.75) is 63.9 Å². The molecule has 22 heavy (non-hydrogen) atoms. The van der Waals surface area contributed by atoms with Crippen molar-refractivity contribution in [1.82, 2.24) is 0 Å². The van der Waals surface area contributed by atoms with Crippen LogP contribution in [0.3, 0.4) is 0 Å². The number of fused-ring (bicyclic) bond motifs is 5. The van der Waals surface area contributed by atoms with Crippen molar-refractivity contribution in [2.75, 3.05) is 7.11 Å². The Labute approximate surface area is 133 Å². The first-order valence-corrected chi connectivity index (χ1v) is 8.85. The van der Waals surface area contributed by atoms with Crippen molar-refractivity contribution in [3.63, 3.8) is 0 Å². The molecule has 120 valence electrons. The summed E-state index contributed by atoms with van der Waals surface area (Å²) in [4.78, 5) is 0. The average Bonchev–Trinajstić information content (AvgIpc) is 2.76. The molecule has 1 aromatic rings. The smallest absolute Gasteiger partial charge is 0.119 e. The second-order valence-corrected chi connectivity index (χ2v) is 8.25. The zero-order valence-corrected chi connectivity index (χ0v) is 14.1. The minimum Gasteiger partial charge on any atom is -0.497 e. The molecule has 0 saturated heterocycles. The van der Waals surface area contributed by atoms with Gasteiger partial charge in [-0.3, -0.25) is 0 Å². The molecule has 0 heterocycles. The van der Waals surface area contributed by atoms with Crippen molar-refractivity contribution in [3.8, 4) is 5.75 Å². The molecule has 0 amide bonds.